The van der Waals surface area contributed by atoms with Crippen molar-refractivity contribution < 1.29 is 14.5 Å². The zero-order valence-electron chi connectivity index (χ0n) is 8.60. The predicted octanol–water partition coefficient (Wildman–Crippen LogP) is 3.36. The highest BCUT2D eigenvalue weighted by Gasteiger charge is 2.19. The van der Waals surface area contributed by atoms with Crippen LogP contribution in [0.5, 0.6) is 0 Å². The Bertz CT molecular complexity index is 622. The minimum Gasteiger partial charge on any atom is -0.465 e. The lowest BCUT2D eigenvalue weighted by Gasteiger charge is -1.94. The summed E-state index contributed by atoms with van der Waals surface area (Å²) in [4.78, 5) is 22.0. The quantitative estimate of drug-likeness (QED) is 0.484. The van der Waals surface area contributed by atoms with Gasteiger partial charge in [0.1, 0.15) is 4.88 Å². The number of nitro benzene ring substituents is 1. The van der Waals surface area contributed by atoms with Crippen LogP contribution in [0.15, 0.2) is 22.7 Å². The van der Waals surface area contributed by atoms with Gasteiger partial charge in [0.25, 0.3) is 5.69 Å². The van der Waals surface area contributed by atoms with Crippen molar-refractivity contribution in [3.8, 4) is 0 Å². The summed E-state index contributed by atoms with van der Waals surface area (Å²) in [5.74, 6) is -0.458. The van der Waals surface area contributed by atoms with E-state index in [0.717, 1.165) is 4.70 Å². The fourth-order valence-corrected chi connectivity index (χ4v) is 3.25. The number of rotatable bonds is 2. The van der Waals surface area contributed by atoms with Crippen LogP contribution >= 0.6 is 27.3 Å². The molecule has 0 radical (unpaired) electrons. The summed E-state index contributed by atoms with van der Waals surface area (Å²) in [6, 6.07) is 4.46. The molecule has 0 aliphatic heterocycles. The molecule has 2 rings (SSSR count). The molecule has 5 nitrogen and oxygen atoms in total. The van der Waals surface area contributed by atoms with Crippen molar-refractivity contribution in [2.45, 2.75) is 0 Å². The Morgan fingerprint density at radius 1 is 1.53 bits per heavy atom. The number of carbonyl (C=O) groups is 1. The number of non-ortho nitro benzene ring substituents is 1. The first-order valence-electron chi connectivity index (χ1n) is 4.49. The van der Waals surface area contributed by atoms with E-state index in [1.807, 2.05) is 0 Å². The average Bonchev–Trinajstić information content (AvgIpc) is 2.65. The van der Waals surface area contributed by atoms with Crippen molar-refractivity contribution in [3.63, 3.8) is 0 Å². The van der Waals surface area contributed by atoms with Gasteiger partial charge in [-0.3, -0.25) is 10.1 Å². The molecule has 0 aliphatic rings. The molecule has 88 valence electrons. The summed E-state index contributed by atoms with van der Waals surface area (Å²) in [5.41, 5.74) is -0.00702. The maximum atomic E-state index is 11.4. The second-order valence-corrected chi connectivity index (χ2v) is 5.02. The van der Waals surface area contributed by atoms with E-state index in [4.69, 9.17) is 0 Å². The number of esters is 1. The van der Waals surface area contributed by atoms with E-state index in [9.17, 15) is 14.9 Å². The summed E-state index contributed by atoms with van der Waals surface area (Å²) in [7, 11) is 1.29. The Morgan fingerprint density at radius 2 is 2.24 bits per heavy atom. The highest BCUT2D eigenvalue weighted by Crippen LogP contribution is 2.37. The number of thiophene rings is 1. The standard InChI is InChI=1S/C10H6BrNO4S/c1-16-10(13)9-8(11)6-4-5(12(14)15)2-3-7(6)17-9/h2-4H,1H3. The Balaban J connectivity index is 2.66. The number of carbonyl (C=O) groups excluding carboxylic acids is 1. The van der Waals surface area contributed by atoms with E-state index in [1.54, 1.807) is 6.07 Å². The van der Waals surface area contributed by atoms with Crippen molar-refractivity contribution in [2.75, 3.05) is 7.11 Å². The third kappa shape index (κ3) is 2.03. The van der Waals surface area contributed by atoms with Gasteiger partial charge in [-0.15, -0.1) is 11.3 Å². The molecule has 0 aliphatic carbocycles. The fraction of sp³-hybridized carbons (Fsp3) is 0.100. The van der Waals surface area contributed by atoms with Gasteiger partial charge in [-0.25, -0.2) is 4.79 Å². The Hall–Kier alpha value is -1.47. The van der Waals surface area contributed by atoms with Gasteiger partial charge in [-0.2, -0.15) is 0 Å². The Kier molecular flexibility index (Phi) is 3.12. The normalized spacial score (nSPS) is 10.5. The molecule has 17 heavy (non-hydrogen) atoms. The molecule has 0 fully saturated rings. The number of fused-ring (bicyclic) bond motifs is 1. The van der Waals surface area contributed by atoms with Crippen molar-refractivity contribution in [1.82, 2.24) is 0 Å². The predicted molar refractivity (Wildman–Crippen MR) is 67.5 cm³/mol. The van der Waals surface area contributed by atoms with Gasteiger partial charge in [0.2, 0.25) is 0 Å². The molecular weight excluding hydrogens is 310 g/mol. The van der Waals surface area contributed by atoms with Crippen molar-refractivity contribution in [1.29, 1.82) is 0 Å². The number of hydrogen-bond acceptors (Lipinski definition) is 5. The maximum absolute atomic E-state index is 11.4. The third-order valence-corrected chi connectivity index (χ3v) is 4.43. The van der Waals surface area contributed by atoms with Gasteiger partial charge in [0, 0.05) is 22.2 Å². The molecular formula is C10H6BrNO4S. The minimum atomic E-state index is -0.471. The molecule has 1 heterocycles. The molecule has 1 aromatic carbocycles. The molecule has 1 aromatic heterocycles. The minimum absolute atomic E-state index is 0.00702. The van der Waals surface area contributed by atoms with Crippen LogP contribution in [0.25, 0.3) is 10.1 Å². The number of methoxy groups -OCH3 is 1. The third-order valence-electron chi connectivity index (χ3n) is 2.19. The monoisotopic (exact) mass is 315 g/mol. The van der Waals surface area contributed by atoms with E-state index in [1.165, 1.54) is 30.6 Å². The molecule has 0 spiro atoms. The molecule has 0 N–H and O–H groups in total. The number of nitrogens with zero attached hydrogens (tertiary/aromatic N) is 1. The van der Waals surface area contributed by atoms with Crippen molar-refractivity contribution in [2.24, 2.45) is 0 Å². The van der Waals surface area contributed by atoms with E-state index in [-0.39, 0.29) is 5.69 Å². The van der Waals surface area contributed by atoms with Crippen LogP contribution in [0, 0.1) is 10.1 Å². The summed E-state index contributed by atoms with van der Waals surface area (Å²) in [5, 5.41) is 11.3. The van der Waals surface area contributed by atoms with Crippen LogP contribution < -0.4 is 0 Å². The van der Waals surface area contributed by atoms with Gasteiger partial charge in [0.15, 0.2) is 0 Å². The zero-order valence-corrected chi connectivity index (χ0v) is 11.0. The summed E-state index contributed by atoms with van der Waals surface area (Å²) >= 11 is 4.50. The second kappa shape index (κ2) is 4.42. The fourth-order valence-electron chi connectivity index (χ4n) is 1.39. The molecule has 0 atom stereocenters. The van der Waals surface area contributed by atoms with Crippen LogP contribution in [0.1, 0.15) is 9.67 Å². The number of ether oxygens (including phenoxy) is 1. The summed E-state index contributed by atoms with van der Waals surface area (Å²) in [6.45, 7) is 0. The summed E-state index contributed by atoms with van der Waals surface area (Å²) < 4.78 is 5.96. The highest BCUT2D eigenvalue weighted by molar-refractivity contribution is 9.10. The van der Waals surface area contributed by atoms with Gasteiger partial charge in [-0.1, -0.05) is 0 Å². The van der Waals surface area contributed by atoms with Crippen LogP contribution in [0.4, 0.5) is 5.69 Å². The van der Waals surface area contributed by atoms with E-state index in [0.29, 0.717) is 14.7 Å². The second-order valence-electron chi connectivity index (χ2n) is 3.17. The lowest BCUT2D eigenvalue weighted by molar-refractivity contribution is -0.384. The lowest BCUT2D eigenvalue weighted by Crippen LogP contribution is -1.98. The van der Waals surface area contributed by atoms with Crippen LogP contribution in [-0.2, 0) is 4.74 Å². The SMILES string of the molecule is COC(=O)c1sc2ccc([N+](=O)[O-])cc2c1Br. The summed E-state index contributed by atoms with van der Waals surface area (Å²) in [6.07, 6.45) is 0. The molecule has 7 heteroatoms. The maximum Gasteiger partial charge on any atom is 0.349 e. The smallest absolute Gasteiger partial charge is 0.349 e. The molecule has 0 unspecified atom stereocenters. The number of halogens is 1. The van der Waals surface area contributed by atoms with E-state index < -0.39 is 10.9 Å². The Labute approximate surface area is 108 Å². The van der Waals surface area contributed by atoms with Gasteiger partial charge in [-0.05, 0) is 22.0 Å². The Morgan fingerprint density at radius 3 is 2.82 bits per heavy atom. The lowest BCUT2D eigenvalue weighted by atomic mass is 10.2. The van der Waals surface area contributed by atoms with Gasteiger partial charge >= 0.3 is 5.97 Å². The molecule has 0 amide bonds. The first kappa shape index (κ1) is 12.0. The number of nitro groups is 1. The molecule has 2 aromatic rings. The molecule has 0 saturated carbocycles. The first-order valence-corrected chi connectivity index (χ1v) is 6.10. The zero-order chi connectivity index (χ0) is 12.6. The van der Waals surface area contributed by atoms with E-state index >= 15 is 0 Å². The van der Waals surface area contributed by atoms with Crippen LogP contribution in [-0.4, -0.2) is 18.0 Å². The van der Waals surface area contributed by atoms with Crippen LogP contribution in [0.2, 0.25) is 0 Å². The highest BCUT2D eigenvalue weighted by atomic mass is 79.9. The first-order chi connectivity index (χ1) is 8.04. The van der Waals surface area contributed by atoms with Crippen molar-refractivity contribution >= 4 is 49.0 Å². The van der Waals surface area contributed by atoms with Crippen molar-refractivity contribution in [3.05, 3.63) is 37.7 Å². The van der Waals surface area contributed by atoms with Gasteiger partial charge in [0.05, 0.1) is 16.5 Å². The topological polar surface area (TPSA) is 69.4 Å². The number of hydrogen-bond donors (Lipinski definition) is 0. The molecule has 0 bridgehead atoms. The number of benzene rings is 1. The van der Waals surface area contributed by atoms with E-state index in [2.05, 4.69) is 20.7 Å². The average molecular weight is 316 g/mol. The van der Waals surface area contributed by atoms with Crippen LogP contribution in [0.3, 0.4) is 0 Å². The van der Waals surface area contributed by atoms with Gasteiger partial charge < -0.3 is 4.74 Å². The largest absolute Gasteiger partial charge is 0.465 e. The molecule has 0 saturated heterocycles.